The Hall–Kier alpha value is -1.51. The molecule has 1 aliphatic heterocycles. The summed E-state index contributed by atoms with van der Waals surface area (Å²) >= 11 is 0. The van der Waals surface area contributed by atoms with Crippen LogP contribution in [0, 0.1) is 0 Å². The van der Waals surface area contributed by atoms with Crippen LogP contribution in [0.25, 0.3) is 0 Å². The predicted octanol–water partition coefficient (Wildman–Crippen LogP) is 2.96. The quantitative estimate of drug-likeness (QED) is 0.853. The number of nitrogens with one attached hydrogen (secondary N) is 1. The zero-order valence-electron chi connectivity index (χ0n) is 10.8. The zero-order valence-corrected chi connectivity index (χ0v) is 10.8. The lowest BCUT2D eigenvalue weighted by Gasteiger charge is -2.36. The number of Topliss-reactive ketones (excluding diaryl/α,β-unsaturated/α-hetero) is 1. The first-order valence-electron chi connectivity index (χ1n) is 6.05. The Balaban J connectivity index is 2.43. The van der Waals surface area contributed by atoms with Gasteiger partial charge >= 0.3 is 0 Å². The molecule has 0 saturated carbocycles. The largest absolute Gasteiger partial charge is 0.494 e. The van der Waals surface area contributed by atoms with E-state index in [2.05, 4.69) is 5.32 Å². The van der Waals surface area contributed by atoms with Gasteiger partial charge < -0.3 is 10.1 Å². The van der Waals surface area contributed by atoms with Crippen molar-refractivity contribution in [3.8, 4) is 5.75 Å². The topological polar surface area (TPSA) is 38.3 Å². The second-order valence-electron chi connectivity index (χ2n) is 5.02. The van der Waals surface area contributed by atoms with Gasteiger partial charge in [0.2, 0.25) is 0 Å². The molecule has 0 saturated heterocycles. The van der Waals surface area contributed by atoms with Gasteiger partial charge in [0.15, 0.2) is 5.78 Å². The average molecular weight is 233 g/mol. The fourth-order valence-corrected chi connectivity index (χ4v) is 2.35. The monoisotopic (exact) mass is 233 g/mol. The number of benzene rings is 1. The van der Waals surface area contributed by atoms with Crippen LogP contribution in [0.5, 0.6) is 5.75 Å². The van der Waals surface area contributed by atoms with Gasteiger partial charge in [-0.25, -0.2) is 0 Å². The van der Waals surface area contributed by atoms with Gasteiger partial charge in [-0.3, -0.25) is 4.79 Å². The summed E-state index contributed by atoms with van der Waals surface area (Å²) in [5, 5.41) is 3.28. The molecule has 17 heavy (non-hydrogen) atoms. The molecule has 0 spiro atoms. The Morgan fingerprint density at radius 1 is 1.41 bits per heavy atom. The molecule has 0 amide bonds. The molecule has 1 aromatic rings. The molecule has 1 atom stereocenters. The molecule has 1 heterocycles. The van der Waals surface area contributed by atoms with Crippen LogP contribution in [-0.2, 0) is 4.79 Å². The summed E-state index contributed by atoms with van der Waals surface area (Å²) in [6.07, 6.45) is 0. The van der Waals surface area contributed by atoms with Gasteiger partial charge in [-0.1, -0.05) is 6.92 Å². The Labute approximate surface area is 102 Å². The fraction of sp³-hybridized carbons (Fsp3) is 0.500. The van der Waals surface area contributed by atoms with Crippen molar-refractivity contribution in [2.45, 2.75) is 39.2 Å². The minimum absolute atomic E-state index is 0.0818. The first-order valence-corrected chi connectivity index (χ1v) is 6.05. The molecule has 1 N–H and O–H groups in total. The van der Waals surface area contributed by atoms with Gasteiger partial charge in [-0.15, -0.1) is 0 Å². The van der Waals surface area contributed by atoms with Crippen LogP contribution in [-0.4, -0.2) is 17.9 Å². The minimum atomic E-state index is -0.487. The summed E-state index contributed by atoms with van der Waals surface area (Å²) in [5.74, 6) is 0.965. The number of anilines is 1. The highest BCUT2D eigenvalue weighted by molar-refractivity contribution is 5.99. The Morgan fingerprint density at radius 2 is 2.12 bits per heavy atom. The normalized spacial score (nSPS) is 21.6. The zero-order chi connectivity index (χ0) is 12.6. The highest BCUT2D eigenvalue weighted by atomic mass is 16.5. The van der Waals surface area contributed by atoms with Crippen LogP contribution in [0.2, 0.25) is 0 Å². The first kappa shape index (κ1) is 12.0. The third-order valence-corrected chi connectivity index (χ3v) is 3.26. The number of carbonyl (C=O) groups excluding carboxylic acids is 1. The van der Waals surface area contributed by atoms with Gasteiger partial charge in [0.1, 0.15) is 5.75 Å². The average Bonchev–Trinajstić information content (AvgIpc) is 2.27. The third-order valence-electron chi connectivity index (χ3n) is 3.26. The van der Waals surface area contributed by atoms with Gasteiger partial charge in [0.25, 0.3) is 0 Å². The second-order valence-corrected chi connectivity index (χ2v) is 5.02. The molecular formula is C14H19NO2. The van der Waals surface area contributed by atoms with E-state index in [0.29, 0.717) is 6.61 Å². The Morgan fingerprint density at radius 3 is 2.76 bits per heavy atom. The van der Waals surface area contributed by atoms with E-state index in [0.717, 1.165) is 17.0 Å². The molecule has 0 radical (unpaired) electrons. The smallest absolute Gasteiger partial charge is 0.164 e. The van der Waals surface area contributed by atoms with Gasteiger partial charge in [0, 0.05) is 11.6 Å². The van der Waals surface area contributed by atoms with Crippen LogP contribution in [0.1, 0.15) is 39.2 Å². The van der Waals surface area contributed by atoms with Gasteiger partial charge in [-0.2, -0.15) is 0 Å². The van der Waals surface area contributed by atoms with Crippen molar-refractivity contribution in [3.63, 3.8) is 0 Å². The van der Waals surface area contributed by atoms with E-state index >= 15 is 0 Å². The van der Waals surface area contributed by atoms with E-state index in [1.165, 1.54) is 0 Å². The first-order chi connectivity index (χ1) is 7.95. The maximum absolute atomic E-state index is 12.2. The fourth-order valence-electron chi connectivity index (χ4n) is 2.35. The number of fused-ring (bicyclic) bond motifs is 1. The molecule has 1 aromatic carbocycles. The number of carbonyl (C=O) groups is 1. The van der Waals surface area contributed by atoms with Crippen LogP contribution in [0.3, 0.4) is 0 Å². The van der Waals surface area contributed by atoms with Crippen molar-refractivity contribution in [1.82, 2.24) is 0 Å². The maximum atomic E-state index is 12.2. The van der Waals surface area contributed by atoms with Crippen molar-refractivity contribution < 1.29 is 9.53 Å². The molecule has 0 aromatic heterocycles. The number of ether oxygens (including phenoxy) is 1. The lowest BCUT2D eigenvalue weighted by atomic mass is 9.80. The van der Waals surface area contributed by atoms with Crippen LogP contribution in [0.15, 0.2) is 18.2 Å². The summed E-state index contributed by atoms with van der Waals surface area (Å²) < 4.78 is 5.47. The van der Waals surface area contributed by atoms with E-state index < -0.39 is 5.54 Å². The van der Waals surface area contributed by atoms with Crippen LogP contribution >= 0.6 is 0 Å². The van der Waals surface area contributed by atoms with E-state index in [9.17, 15) is 4.79 Å². The predicted molar refractivity (Wildman–Crippen MR) is 68.7 cm³/mol. The van der Waals surface area contributed by atoms with E-state index in [-0.39, 0.29) is 11.7 Å². The van der Waals surface area contributed by atoms with Crippen molar-refractivity contribution >= 4 is 11.5 Å². The van der Waals surface area contributed by atoms with E-state index in [1.807, 2.05) is 45.9 Å². The van der Waals surface area contributed by atoms with E-state index in [4.69, 9.17) is 4.74 Å². The number of hydrogen-bond donors (Lipinski definition) is 1. The molecule has 2 rings (SSSR count). The molecule has 1 aliphatic rings. The minimum Gasteiger partial charge on any atom is -0.494 e. The molecule has 3 nitrogen and oxygen atoms in total. The number of rotatable bonds is 2. The maximum Gasteiger partial charge on any atom is 0.164 e. The summed E-state index contributed by atoms with van der Waals surface area (Å²) in [5.41, 5.74) is 1.57. The molecule has 92 valence electrons. The second kappa shape index (κ2) is 4.06. The SMILES string of the molecule is CCOc1ccc2c(c1)C(C)C(=O)C(C)(C)N2. The van der Waals surface area contributed by atoms with Crippen molar-refractivity contribution in [2.24, 2.45) is 0 Å². The molecule has 0 fully saturated rings. The highest BCUT2D eigenvalue weighted by Crippen LogP contribution is 2.37. The summed E-state index contributed by atoms with van der Waals surface area (Å²) in [6, 6.07) is 5.89. The Bertz CT molecular complexity index is 452. The summed E-state index contributed by atoms with van der Waals surface area (Å²) in [6.45, 7) is 8.39. The van der Waals surface area contributed by atoms with Crippen molar-refractivity contribution in [2.75, 3.05) is 11.9 Å². The number of hydrogen-bond acceptors (Lipinski definition) is 3. The molecular weight excluding hydrogens is 214 g/mol. The summed E-state index contributed by atoms with van der Waals surface area (Å²) in [4.78, 5) is 12.2. The highest BCUT2D eigenvalue weighted by Gasteiger charge is 2.37. The molecule has 3 heteroatoms. The summed E-state index contributed by atoms with van der Waals surface area (Å²) in [7, 11) is 0. The van der Waals surface area contributed by atoms with E-state index in [1.54, 1.807) is 0 Å². The molecule has 1 unspecified atom stereocenters. The Kier molecular flexibility index (Phi) is 2.86. The van der Waals surface area contributed by atoms with Crippen molar-refractivity contribution in [3.05, 3.63) is 23.8 Å². The standard InChI is InChI=1S/C14H19NO2/c1-5-17-10-6-7-12-11(8-10)9(2)13(16)14(3,4)15-12/h6-9,15H,5H2,1-4H3. The molecule has 0 bridgehead atoms. The van der Waals surface area contributed by atoms with Gasteiger partial charge in [0.05, 0.1) is 12.1 Å². The molecule has 0 aliphatic carbocycles. The van der Waals surface area contributed by atoms with Crippen LogP contribution in [0.4, 0.5) is 5.69 Å². The van der Waals surface area contributed by atoms with Gasteiger partial charge in [-0.05, 0) is 44.5 Å². The third kappa shape index (κ3) is 2.02. The van der Waals surface area contributed by atoms with Crippen LogP contribution < -0.4 is 10.1 Å². The lowest BCUT2D eigenvalue weighted by molar-refractivity contribution is -0.123. The number of ketones is 1. The lowest BCUT2D eigenvalue weighted by Crippen LogP contribution is -2.46. The van der Waals surface area contributed by atoms with Crippen molar-refractivity contribution in [1.29, 1.82) is 0 Å².